The van der Waals surface area contributed by atoms with Gasteiger partial charge >= 0.3 is 0 Å². The number of carbonyl (C=O) groups is 1. The molecule has 1 aliphatic carbocycles. The van der Waals surface area contributed by atoms with Crippen LogP contribution >= 0.6 is 0 Å². The van der Waals surface area contributed by atoms with Crippen molar-refractivity contribution in [3.8, 4) is 0 Å². The predicted molar refractivity (Wildman–Crippen MR) is 101 cm³/mol. The lowest BCUT2D eigenvalue weighted by molar-refractivity contribution is -0.117. The van der Waals surface area contributed by atoms with E-state index in [2.05, 4.69) is 4.99 Å². The minimum Gasteiger partial charge on any atom is -0.511 e. The van der Waals surface area contributed by atoms with Gasteiger partial charge in [0.2, 0.25) is 0 Å². The van der Waals surface area contributed by atoms with E-state index in [9.17, 15) is 14.3 Å². The fourth-order valence-corrected chi connectivity index (χ4v) is 3.23. The Morgan fingerprint density at radius 1 is 1.08 bits per heavy atom. The van der Waals surface area contributed by atoms with Gasteiger partial charge in [0.25, 0.3) is 0 Å². The third-order valence-corrected chi connectivity index (χ3v) is 4.47. The van der Waals surface area contributed by atoms with Crippen LogP contribution in [0.1, 0.15) is 37.8 Å². The summed E-state index contributed by atoms with van der Waals surface area (Å²) in [5, 5.41) is 10.6. The third-order valence-electron chi connectivity index (χ3n) is 4.47. The molecule has 0 saturated heterocycles. The fraction of sp³-hybridized carbons (Fsp3) is 0.273. The molecular weight excluding hydrogens is 329 g/mol. The summed E-state index contributed by atoms with van der Waals surface area (Å²) in [7, 11) is 0. The molecule has 2 aromatic rings. The van der Waals surface area contributed by atoms with E-state index in [4.69, 9.17) is 0 Å². The summed E-state index contributed by atoms with van der Waals surface area (Å²) in [6.07, 6.45) is 0.761. The minimum absolute atomic E-state index is 0.0578. The second-order valence-electron chi connectivity index (χ2n) is 7.42. The van der Waals surface area contributed by atoms with Gasteiger partial charge < -0.3 is 5.11 Å². The standard InChI is InChI=1S/C22H22FNO2/c1-22(2)12-18(25)20(19(26)13-22)21(16-8-10-17(23)11-9-16)24-14-15-6-4-3-5-7-15/h3-11,25H,12-14H2,1-2H3. The van der Waals surface area contributed by atoms with E-state index in [1.54, 1.807) is 12.1 Å². The second-order valence-corrected chi connectivity index (χ2v) is 7.42. The minimum atomic E-state index is -0.356. The lowest BCUT2D eigenvalue weighted by Gasteiger charge is -2.30. The van der Waals surface area contributed by atoms with Crippen molar-refractivity contribution in [2.75, 3.05) is 0 Å². The average molecular weight is 351 g/mol. The number of hydrogen-bond acceptors (Lipinski definition) is 3. The van der Waals surface area contributed by atoms with Crippen molar-refractivity contribution in [2.24, 2.45) is 10.4 Å². The third kappa shape index (κ3) is 4.07. The highest BCUT2D eigenvalue weighted by Gasteiger charge is 2.35. The molecule has 1 aliphatic rings. The number of allylic oxidation sites excluding steroid dienone is 2. The Hall–Kier alpha value is -2.75. The lowest BCUT2D eigenvalue weighted by Crippen LogP contribution is -2.29. The maximum atomic E-state index is 13.3. The number of rotatable bonds is 4. The van der Waals surface area contributed by atoms with E-state index in [0.29, 0.717) is 30.7 Å². The van der Waals surface area contributed by atoms with E-state index in [1.807, 2.05) is 44.2 Å². The molecule has 0 bridgehead atoms. The normalized spacial score (nSPS) is 17.5. The van der Waals surface area contributed by atoms with Crippen molar-refractivity contribution in [3.05, 3.63) is 82.9 Å². The van der Waals surface area contributed by atoms with E-state index in [1.165, 1.54) is 12.1 Å². The summed E-state index contributed by atoms with van der Waals surface area (Å²) >= 11 is 0. The molecule has 0 unspecified atom stereocenters. The van der Waals surface area contributed by atoms with Crippen LogP contribution in [0.3, 0.4) is 0 Å². The Bertz CT molecular complexity index is 865. The van der Waals surface area contributed by atoms with Crippen LogP contribution in [-0.2, 0) is 11.3 Å². The number of hydrogen-bond donors (Lipinski definition) is 1. The highest BCUT2D eigenvalue weighted by Crippen LogP contribution is 2.37. The highest BCUT2D eigenvalue weighted by atomic mass is 19.1. The fourth-order valence-electron chi connectivity index (χ4n) is 3.23. The summed E-state index contributed by atoms with van der Waals surface area (Å²) in [5.41, 5.74) is 2.02. The van der Waals surface area contributed by atoms with Gasteiger partial charge in [0.1, 0.15) is 11.6 Å². The van der Waals surface area contributed by atoms with E-state index < -0.39 is 0 Å². The number of carbonyl (C=O) groups excluding carboxylic acids is 1. The molecular formula is C22H22FNO2. The van der Waals surface area contributed by atoms with Gasteiger partial charge in [-0.25, -0.2) is 4.39 Å². The number of halogens is 1. The van der Waals surface area contributed by atoms with Crippen LogP contribution in [0, 0.1) is 11.2 Å². The van der Waals surface area contributed by atoms with E-state index in [-0.39, 0.29) is 28.3 Å². The van der Waals surface area contributed by atoms with Crippen molar-refractivity contribution in [1.29, 1.82) is 0 Å². The molecule has 3 rings (SSSR count). The number of Topliss-reactive ketones (excluding diaryl/α,β-unsaturated/α-hetero) is 1. The Balaban J connectivity index is 2.06. The first kappa shape index (κ1) is 18.1. The number of aliphatic hydroxyl groups is 1. The number of aliphatic hydroxyl groups excluding tert-OH is 1. The van der Waals surface area contributed by atoms with Crippen LogP contribution in [0.4, 0.5) is 4.39 Å². The lowest BCUT2D eigenvalue weighted by atomic mass is 9.75. The summed E-state index contributed by atoms with van der Waals surface area (Å²) in [6, 6.07) is 15.5. The van der Waals surface area contributed by atoms with Gasteiger partial charge in [0, 0.05) is 18.4 Å². The Labute approximate surface area is 152 Å². The van der Waals surface area contributed by atoms with Gasteiger partial charge in [-0.15, -0.1) is 0 Å². The Morgan fingerprint density at radius 2 is 1.73 bits per heavy atom. The molecule has 2 aromatic carbocycles. The zero-order valence-electron chi connectivity index (χ0n) is 15.0. The van der Waals surface area contributed by atoms with Crippen molar-refractivity contribution < 1.29 is 14.3 Å². The van der Waals surface area contributed by atoms with Gasteiger partial charge in [-0.2, -0.15) is 0 Å². The first-order valence-electron chi connectivity index (χ1n) is 8.66. The first-order valence-corrected chi connectivity index (χ1v) is 8.66. The predicted octanol–water partition coefficient (Wildman–Crippen LogP) is 5.02. The van der Waals surface area contributed by atoms with Gasteiger partial charge in [0.15, 0.2) is 5.78 Å². The van der Waals surface area contributed by atoms with Gasteiger partial charge in [-0.3, -0.25) is 9.79 Å². The van der Waals surface area contributed by atoms with Gasteiger partial charge in [-0.1, -0.05) is 44.2 Å². The quantitative estimate of drug-likeness (QED) is 0.787. The average Bonchev–Trinajstić information content (AvgIpc) is 2.58. The largest absolute Gasteiger partial charge is 0.511 e. The SMILES string of the molecule is CC1(C)CC(=O)C(C(=NCc2ccccc2)c2ccc(F)cc2)=C(O)C1. The van der Waals surface area contributed by atoms with Crippen LogP contribution in [0.2, 0.25) is 0 Å². The topological polar surface area (TPSA) is 49.7 Å². The molecule has 0 spiro atoms. The second kappa shape index (κ2) is 7.24. The molecule has 0 saturated carbocycles. The van der Waals surface area contributed by atoms with Crippen molar-refractivity contribution in [1.82, 2.24) is 0 Å². The maximum Gasteiger partial charge on any atom is 0.168 e. The maximum absolute atomic E-state index is 13.3. The molecule has 26 heavy (non-hydrogen) atoms. The number of ketones is 1. The summed E-state index contributed by atoms with van der Waals surface area (Å²) in [5.74, 6) is -0.428. The number of benzene rings is 2. The van der Waals surface area contributed by atoms with E-state index in [0.717, 1.165) is 5.56 Å². The molecule has 0 atom stereocenters. The van der Waals surface area contributed by atoms with Crippen molar-refractivity contribution in [2.45, 2.75) is 33.2 Å². The molecule has 0 fully saturated rings. The molecule has 0 aromatic heterocycles. The van der Waals surface area contributed by atoms with Crippen LogP contribution in [-0.4, -0.2) is 16.6 Å². The molecule has 0 aliphatic heterocycles. The summed E-state index contributed by atoms with van der Waals surface area (Å²) < 4.78 is 13.3. The molecule has 3 nitrogen and oxygen atoms in total. The summed E-state index contributed by atoms with van der Waals surface area (Å²) in [4.78, 5) is 17.4. The summed E-state index contributed by atoms with van der Waals surface area (Å²) in [6.45, 7) is 4.29. The zero-order chi connectivity index (χ0) is 18.7. The molecule has 134 valence electrons. The van der Waals surface area contributed by atoms with Crippen molar-refractivity contribution >= 4 is 11.5 Å². The van der Waals surface area contributed by atoms with E-state index >= 15 is 0 Å². The number of nitrogens with zero attached hydrogens (tertiary/aromatic N) is 1. The van der Waals surface area contributed by atoms with Crippen LogP contribution in [0.5, 0.6) is 0 Å². The van der Waals surface area contributed by atoms with Crippen LogP contribution in [0.15, 0.2) is 70.9 Å². The molecule has 4 heteroatoms. The van der Waals surface area contributed by atoms with Crippen LogP contribution < -0.4 is 0 Å². The molecule has 1 N–H and O–H groups in total. The van der Waals surface area contributed by atoms with Gasteiger partial charge in [-0.05, 0) is 35.2 Å². The van der Waals surface area contributed by atoms with Crippen LogP contribution in [0.25, 0.3) is 0 Å². The number of aliphatic imine (C=N–C) groups is 1. The highest BCUT2D eigenvalue weighted by molar-refractivity contribution is 6.29. The van der Waals surface area contributed by atoms with Crippen molar-refractivity contribution in [3.63, 3.8) is 0 Å². The monoisotopic (exact) mass is 351 g/mol. The zero-order valence-corrected chi connectivity index (χ0v) is 15.0. The first-order chi connectivity index (χ1) is 12.4. The van der Waals surface area contributed by atoms with Gasteiger partial charge in [0.05, 0.1) is 17.8 Å². The molecule has 0 amide bonds. The molecule has 0 heterocycles. The Kier molecular flexibility index (Phi) is 5.03. The Morgan fingerprint density at radius 3 is 2.35 bits per heavy atom. The smallest absolute Gasteiger partial charge is 0.168 e. The molecule has 0 radical (unpaired) electrons.